The normalized spacial score (nSPS) is 10.8. The zero-order valence-corrected chi connectivity index (χ0v) is 12.1. The van der Waals surface area contributed by atoms with Crippen molar-refractivity contribution in [2.24, 2.45) is 5.73 Å². The Labute approximate surface area is 123 Å². The maximum atomic E-state index is 5.81. The van der Waals surface area contributed by atoms with E-state index >= 15 is 0 Å². The fraction of sp³-hybridized carbons (Fsp3) is 0.188. The van der Waals surface area contributed by atoms with Crippen molar-refractivity contribution in [3.8, 4) is 16.9 Å². The fourth-order valence-corrected chi connectivity index (χ4v) is 2.50. The Bertz CT molecular complexity index is 741. The van der Waals surface area contributed by atoms with Crippen molar-refractivity contribution in [1.29, 1.82) is 0 Å². The first-order chi connectivity index (χ1) is 10.2. The lowest BCUT2D eigenvalue weighted by atomic mass is 10.1. The van der Waals surface area contributed by atoms with Crippen LogP contribution in [0.25, 0.3) is 16.9 Å². The Morgan fingerprint density at radius 1 is 1.05 bits per heavy atom. The summed E-state index contributed by atoms with van der Waals surface area (Å²) in [6, 6.07) is 10.2. The highest BCUT2D eigenvalue weighted by Crippen LogP contribution is 2.25. The number of nitrogens with zero attached hydrogens (tertiary/aromatic N) is 4. The summed E-state index contributed by atoms with van der Waals surface area (Å²) in [6.45, 7) is 4.50. The maximum Gasteiger partial charge on any atom is 0.105 e. The van der Waals surface area contributed by atoms with E-state index in [0.717, 1.165) is 22.6 Å². The number of hydrogen-bond acceptors (Lipinski definition) is 4. The summed E-state index contributed by atoms with van der Waals surface area (Å²) in [5, 5.41) is 8.50. The van der Waals surface area contributed by atoms with Gasteiger partial charge in [-0.1, -0.05) is 11.3 Å². The number of aromatic nitrogens is 4. The van der Waals surface area contributed by atoms with Crippen molar-refractivity contribution in [3.63, 3.8) is 0 Å². The van der Waals surface area contributed by atoms with Crippen molar-refractivity contribution in [2.45, 2.75) is 20.4 Å². The summed E-state index contributed by atoms with van der Waals surface area (Å²) >= 11 is 0. The monoisotopic (exact) mass is 279 g/mol. The van der Waals surface area contributed by atoms with E-state index in [1.54, 1.807) is 12.4 Å². The third-order valence-corrected chi connectivity index (χ3v) is 3.34. The van der Waals surface area contributed by atoms with Gasteiger partial charge < -0.3 is 5.73 Å². The summed E-state index contributed by atoms with van der Waals surface area (Å²) in [7, 11) is 0. The van der Waals surface area contributed by atoms with E-state index in [4.69, 9.17) is 5.73 Å². The standard InChI is InChI=1S/C16H17N5/c1-11-7-12(2)9-14(8-11)21-16(15(10-17)19-20-21)13-3-5-18-6-4-13/h3-9H,10,17H2,1-2H3. The average Bonchev–Trinajstić information content (AvgIpc) is 2.91. The number of nitrogens with two attached hydrogens (primary N) is 1. The minimum Gasteiger partial charge on any atom is -0.325 e. The molecule has 0 aliphatic heterocycles. The Balaban J connectivity index is 2.22. The van der Waals surface area contributed by atoms with Gasteiger partial charge >= 0.3 is 0 Å². The average molecular weight is 279 g/mol. The number of aryl methyl sites for hydroxylation is 2. The van der Waals surface area contributed by atoms with Crippen LogP contribution in [0.3, 0.4) is 0 Å². The molecule has 5 nitrogen and oxygen atoms in total. The van der Waals surface area contributed by atoms with Gasteiger partial charge in [0.1, 0.15) is 5.69 Å². The smallest absolute Gasteiger partial charge is 0.105 e. The molecule has 2 heterocycles. The number of rotatable bonds is 3. The third kappa shape index (κ3) is 2.55. The second kappa shape index (κ2) is 5.46. The van der Waals surface area contributed by atoms with Gasteiger partial charge in [0, 0.05) is 24.5 Å². The molecule has 0 bridgehead atoms. The molecular formula is C16H17N5. The summed E-state index contributed by atoms with van der Waals surface area (Å²) in [4.78, 5) is 4.06. The molecule has 21 heavy (non-hydrogen) atoms. The molecule has 106 valence electrons. The lowest BCUT2D eigenvalue weighted by Crippen LogP contribution is -2.03. The van der Waals surface area contributed by atoms with Crippen LogP contribution in [-0.2, 0) is 6.54 Å². The molecule has 0 radical (unpaired) electrons. The third-order valence-electron chi connectivity index (χ3n) is 3.34. The molecule has 5 heteroatoms. The molecule has 0 amide bonds. The Morgan fingerprint density at radius 2 is 1.71 bits per heavy atom. The molecule has 0 saturated carbocycles. The first kappa shape index (κ1) is 13.5. The molecule has 2 N–H and O–H groups in total. The van der Waals surface area contributed by atoms with Gasteiger partial charge in [-0.15, -0.1) is 5.10 Å². The van der Waals surface area contributed by atoms with Gasteiger partial charge in [-0.3, -0.25) is 4.98 Å². The van der Waals surface area contributed by atoms with E-state index in [1.807, 2.05) is 16.8 Å². The van der Waals surface area contributed by atoms with E-state index in [-0.39, 0.29) is 0 Å². The Morgan fingerprint density at radius 3 is 2.33 bits per heavy atom. The predicted molar refractivity (Wildman–Crippen MR) is 82.0 cm³/mol. The lowest BCUT2D eigenvalue weighted by molar-refractivity contribution is 0.798. The topological polar surface area (TPSA) is 69.6 Å². The van der Waals surface area contributed by atoms with E-state index in [0.29, 0.717) is 6.54 Å². The van der Waals surface area contributed by atoms with E-state index in [9.17, 15) is 0 Å². The van der Waals surface area contributed by atoms with E-state index < -0.39 is 0 Å². The van der Waals surface area contributed by atoms with E-state index in [2.05, 4.69) is 47.3 Å². The zero-order valence-electron chi connectivity index (χ0n) is 12.1. The lowest BCUT2D eigenvalue weighted by Gasteiger charge is -2.09. The van der Waals surface area contributed by atoms with Crippen LogP contribution in [0.1, 0.15) is 16.8 Å². The van der Waals surface area contributed by atoms with Gasteiger partial charge in [0.25, 0.3) is 0 Å². The molecule has 0 fully saturated rings. The molecule has 0 spiro atoms. The summed E-state index contributed by atoms with van der Waals surface area (Å²) in [5.41, 5.74) is 11.9. The van der Waals surface area contributed by atoms with Gasteiger partial charge in [-0.2, -0.15) is 0 Å². The van der Waals surface area contributed by atoms with Crippen LogP contribution >= 0.6 is 0 Å². The minimum absolute atomic E-state index is 0.350. The number of benzene rings is 1. The molecule has 0 atom stereocenters. The highest BCUT2D eigenvalue weighted by Gasteiger charge is 2.15. The fourth-order valence-electron chi connectivity index (χ4n) is 2.50. The van der Waals surface area contributed by atoms with Crippen molar-refractivity contribution < 1.29 is 0 Å². The van der Waals surface area contributed by atoms with Crippen molar-refractivity contribution in [3.05, 3.63) is 59.5 Å². The van der Waals surface area contributed by atoms with Crippen LogP contribution in [0.15, 0.2) is 42.7 Å². The van der Waals surface area contributed by atoms with Gasteiger partial charge in [0.05, 0.1) is 11.4 Å². The Kier molecular flexibility index (Phi) is 3.50. The highest BCUT2D eigenvalue weighted by molar-refractivity contribution is 5.64. The summed E-state index contributed by atoms with van der Waals surface area (Å²) in [5.74, 6) is 0. The Hall–Kier alpha value is -2.53. The van der Waals surface area contributed by atoms with Crippen LogP contribution in [-0.4, -0.2) is 20.0 Å². The van der Waals surface area contributed by atoms with Crippen LogP contribution in [0.2, 0.25) is 0 Å². The minimum atomic E-state index is 0.350. The SMILES string of the molecule is Cc1cc(C)cc(-n2nnc(CN)c2-c2ccncc2)c1. The second-order valence-electron chi connectivity index (χ2n) is 5.08. The van der Waals surface area contributed by atoms with Crippen molar-refractivity contribution in [1.82, 2.24) is 20.0 Å². The molecule has 0 saturated heterocycles. The van der Waals surface area contributed by atoms with Crippen molar-refractivity contribution in [2.75, 3.05) is 0 Å². The van der Waals surface area contributed by atoms with Crippen LogP contribution in [0, 0.1) is 13.8 Å². The second-order valence-corrected chi connectivity index (χ2v) is 5.08. The summed E-state index contributed by atoms with van der Waals surface area (Å²) < 4.78 is 1.84. The molecule has 0 aliphatic carbocycles. The number of pyridine rings is 1. The maximum absolute atomic E-state index is 5.81. The van der Waals surface area contributed by atoms with E-state index in [1.165, 1.54) is 11.1 Å². The largest absolute Gasteiger partial charge is 0.325 e. The molecule has 3 rings (SSSR count). The van der Waals surface area contributed by atoms with Gasteiger partial charge in [0.2, 0.25) is 0 Å². The quantitative estimate of drug-likeness (QED) is 0.799. The zero-order chi connectivity index (χ0) is 14.8. The molecule has 0 aliphatic rings. The first-order valence-electron chi connectivity index (χ1n) is 6.83. The van der Waals surface area contributed by atoms with Crippen LogP contribution in [0.4, 0.5) is 0 Å². The summed E-state index contributed by atoms with van der Waals surface area (Å²) in [6.07, 6.45) is 3.52. The molecule has 1 aromatic carbocycles. The first-order valence-corrected chi connectivity index (χ1v) is 6.83. The molecular weight excluding hydrogens is 262 g/mol. The van der Waals surface area contributed by atoms with Gasteiger partial charge in [-0.05, 0) is 49.2 Å². The number of hydrogen-bond donors (Lipinski definition) is 1. The molecule has 3 aromatic rings. The molecule has 0 unspecified atom stereocenters. The van der Waals surface area contributed by atoms with Crippen LogP contribution in [0.5, 0.6) is 0 Å². The van der Waals surface area contributed by atoms with Gasteiger partial charge in [0.15, 0.2) is 0 Å². The van der Waals surface area contributed by atoms with Crippen molar-refractivity contribution >= 4 is 0 Å². The van der Waals surface area contributed by atoms with Gasteiger partial charge in [-0.25, -0.2) is 4.68 Å². The predicted octanol–water partition coefficient (Wildman–Crippen LogP) is 2.40. The molecule has 2 aromatic heterocycles. The highest BCUT2D eigenvalue weighted by atomic mass is 15.4. The van der Waals surface area contributed by atoms with Crippen LogP contribution < -0.4 is 5.73 Å².